The fourth-order valence-corrected chi connectivity index (χ4v) is 5.92. The third kappa shape index (κ3) is 3.62. The molecule has 0 bridgehead atoms. The van der Waals surface area contributed by atoms with E-state index in [-0.39, 0.29) is 5.56 Å². The second-order valence-electron chi connectivity index (χ2n) is 7.09. The molecule has 0 unspecified atom stereocenters. The van der Waals surface area contributed by atoms with Gasteiger partial charge in [0.2, 0.25) is 10.0 Å². The number of aryl methyl sites for hydroxylation is 2. The first-order valence-electron chi connectivity index (χ1n) is 9.10. The van der Waals surface area contributed by atoms with Crippen molar-refractivity contribution in [2.45, 2.75) is 25.3 Å². The van der Waals surface area contributed by atoms with Crippen LogP contribution in [0.1, 0.15) is 16.8 Å². The smallest absolute Gasteiger partial charge is 0.258 e. The zero-order valence-corrected chi connectivity index (χ0v) is 17.5. The van der Waals surface area contributed by atoms with Crippen molar-refractivity contribution in [3.8, 4) is 0 Å². The normalized spacial score (nSPS) is 16.6. The molecule has 1 aromatic carbocycles. The highest BCUT2D eigenvalue weighted by Gasteiger charge is 2.29. The van der Waals surface area contributed by atoms with Gasteiger partial charge in [-0.2, -0.15) is 4.31 Å². The van der Waals surface area contributed by atoms with Crippen LogP contribution in [0, 0.1) is 13.8 Å². The van der Waals surface area contributed by atoms with Gasteiger partial charge in [0, 0.05) is 50.4 Å². The zero-order chi connectivity index (χ0) is 19.9. The first kappa shape index (κ1) is 19.3. The van der Waals surface area contributed by atoms with Crippen molar-refractivity contribution >= 4 is 26.3 Å². The molecule has 1 aliphatic rings. The van der Waals surface area contributed by atoms with Gasteiger partial charge in [-0.15, -0.1) is 11.3 Å². The summed E-state index contributed by atoms with van der Waals surface area (Å²) in [5.41, 5.74) is 2.46. The Morgan fingerprint density at radius 1 is 1.11 bits per heavy atom. The molecule has 3 heterocycles. The van der Waals surface area contributed by atoms with Crippen molar-refractivity contribution < 1.29 is 8.42 Å². The lowest BCUT2D eigenvalue weighted by Crippen LogP contribution is -2.48. The van der Waals surface area contributed by atoms with Gasteiger partial charge in [0.15, 0.2) is 4.96 Å². The number of thiazole rings is 1. The Morgan fingerprint density at radius 2 is 1.86 bits per heavy atom. The van der Waals surface area contributed by atoms with E-state index >= 15 is 0 Å². The lowest BCUT2D eigenvalue weighted by atomic mass is 10.2. The van der Waals surface area contributed by atoms with Crippen LogP contribution in [0.3, 0.4) is 0 Å². The van der Waals surface area contributed by atoms with Crippen LogP contribution in [0.5, 0.6) is 0 Å². The molecular weight excluding hydrogens is 396 g/mol. The molecule has 1 saturated heterocycles. The minimum absolute atomic E-state index is 0.0858. The van der Waals surface area contributed by atoms with Crippen molar-refractivity contribution in [3.63, 3.8) is 0 Å². The molecule has 28 heavy (non-hydrogen) atoms. The molecule has 1 fully saturated rings. The monoisotopic (exact) mass is 418 g/mol. The second kappa shape index (κ2) is 7.40. The first-order valence-corrected chi connectivity index (χ1v) is 11.4. The van der Waals surface area contributed by atoms with E-state index in [1.807, 2.05) is 31.4 Å². The van der Waals surface area contributed by atoms with E-state index in [0.717, 1.165) is 16.8 Å². The molecule has 0 N–H and O–H groups in total. The Kier molecular flexibility index (Phi) is 5.09. The SMILES string of the molecule is Cc1ccc(S(=O)(=O)N2CCN(Cc3cc(=O)n4ccsc4n3)CC2)c(C)c1. The Balaban J connectivity index is 1.46. The fraction of sp³-hybridized carbons (Fsp3) is 0.368. The number of hydrogen-bond donors (Lipinski definition) is 0. The topological polar surface area (TPSA) is 75.0 Å². The third-order valence-corrected chi connectivity index (χ3v) is 7.84. The molecule has 0 amide bonds. The van der Waals surface area contributed by atoms with E-state index in [0.29, 0.717) is 42.6 Å². The predicted octanol–water partition coefficient (Wildman–Crippen LogP) is 1.88. The molecule has 0 radical (unpaired) electrons. The van der Waals surface area contributed by atoms with Crippen LogP contribution in [0.15, 0.2) is 45.5 Å². The van der Waals surface area contributed by atoms with Gasteiger partial charge in [-0.05, 0) is 25.5 Å². The van der Waals surface area contributed by atoms with Crippen LogP contribution in [0.25, 0.3) is 4.96 Å². The largest absolute Gasteiger partial charge is 0.295 e. The summed E-state index contributed by atoms with van der Waals surface area (Å²) in [7, 11) is -3.49. The van der Waals surface area contributed by atoms with E-state index in [1.54, 1.807) is 22.6 Å². The van der Waals surface area contributed by atoms with Crippen LogP contribution < -0.4 is 5.56 Å². The second-order valence-corrected chi connectivity index (χ2v) is 9.87. The third-order valence-electron chi connectivity index (χ3n) is 5.02. The summed E-state index contributed by atoms with van der Waals surface area (Å²) in [6.07, 6.45) is 1.72. The van der Waals surface area contributed by atoms with Crippen LogP contribution >= 0.6 is 11.3 Å². The van der Waals surface area contributed by atoms with Crippen molar-refractivity contribution in [3.05, 3.63) is 63.0 Å². The van der Waals surface area contributed by atoms with Crippen LogP contribution in [0.4, 0.5) is 0 Å². The van der Waals surface area contributed by atoms with Gasteiger partial charge in [0.05, 0.1) is 10.6 Å². The van der Waals surface area contributed by atoms with Gasteiger partial charge in [-0.1, -0.05) is 17.7 Å². The van der Waals surface area contributed by atoms with Crippen molar-refractivity contribution in [2.75, 3.05) is 26.2 Å². The highest BCUT2D eigenvalue weighted by atomic mass is 32.2. The van der Waals surface area contributed by atoms with E-state index < -0.39 is 10.0 Å². The van der Waals surface area contributed by atoms with Gasteiger partial charge < -0.3 is 0 Å². The summed E-state index contributed by atoms with van der Waals surface area (Å²) in [4.78, 5) is 19.9. The maximum absolute atomic E-state index is 13.0. The highest BCUT2D eigenvalue weighted by molar-refractivity contribution is 7.89. The summed E-state index contributed by atoms with van der Waals surface area (Å²) in [5, 5.41) is 1.84. The number of hydrogen-bond acceptors (Lipinski definition) is 6. The minimum atomic E-state index is -3.49. The van der Waals surface area contributed by atoms with Crippen LogP contribution in [-0.2, 0) is 16.6 Å². The van der Waals surface area contributed by atoms with Gasteiger partial charge in [-0.25, -0.2) is 13.4 Å². The van der Waals surface area contributed by atoms with Gasteiger partial charge >= 0.3 is 0 Å². The van der Waals surface area contributed by atoms with Gasteiger partial charge in [-0.3, -0.25) is 14.1 Å². The number of sulfonamides is 1. The lowest BCUT2D eigenvalue weighted by molar-refractivity contribution is 0.180. The average molecular weight is 419 g/mol. The Labute approximate surface area is 167 Å². The summed E-state index contributed by atoms with van der Waals surface area (Å²) in [6.45, 7) is 6.40. The number of benzene rings is 1. The van der Waals surface area contributed by atoms with Crippen molar-refractivity contribution in [1.82, 2.24) is 18.6 Å². The number of nitrogens with zero attached hydrogens (tertiary/aromatic N) is 4. The van der Waals surface area contributed by atoms with Crippen molar-refractivity contribution in [1.29, 1.82) is 0 Å². The quantitative estimate of drug-likeness (QED) is 0.647. The van der Waals surface area contributed by atoms with Gasteiger partial charge in [0.1, 0.15) is 0 Å². The highest BCUT2D eigenvalue weighted by Crippen LogP contribution is 2.22. The molecule has 0 saturated carbocycles. The summed E-state index contributed by atoms with van der Waals surface area (Å²) >= 11 is 1.43. The van der Waals surface area contributed by atoms with Gasteiger partial charge in [0.25, 0.3) is 5.56 Å². The first-order chi connectivity index (χ1) is 13.3. The van der Waals surface area contributed by atoms with E-state index in [4.69, 9.17) is 0 Å². The van der Waals surface area contributed by atoms with Crippen LogP contribution in [-0.4, -0.2) is 53.2 Å². The molecule has 4 rings (SSSR count). The summed E-state index contributed by atoms with van der Waals surface area (Å²) in [6, 6.07) is 6.98. The molecule has 3 aromatic rings. The number of piperazine rings is 1. The Morgan fingerprint density at radius 3 is 2.57 bits per heavy atom. The standard InChI is InChI=1S/C19H22N4O3S2/c1-14-3-4-17(15(2)11-14)28(25,26)22-7-5-21(6-8-22)13-16-12-18(24)23-9-10-27-19(23)20-16/h3-4,9-12H,5-8,13H2,1-2H3. The number of rotatable bonds is 4. The molecule has 9 heteroatoms. The molecule has 0 aliphatic carbocycles. The zero-order valence-electron chi connectivity index (χ0n) is 15.8. The molecule has 0 atom stereocenters. The minimum Gasteiger partial charge on any atom is -0.295 e. The molecule has 2 aromatic heterocycles. The Bertz CT molecular complexity index is 1180. The van der Waals surface area contributed by atoms with E-state index in [9.17, 15) is 13.2 Å². The van der Waals surface area contributed by atoms with Crippen LogP contribution in [0.2, 0.25) is 0 Å². The lowest BCUT2D eigenvalue weighted by Gasteiger charge is -2.34. The maximum atomic E-state index is 13.0. The summed E-state index contributed by atoms with van der Waals surface area (Å²) < 4.78 is 29.1. The molecule has 1 aliphatic heterocycles. The molecule has 7 nitrogen and oxygen atoms in total. The van der Waals surface area contributed by atoms with E-state index in [1.165, 1.54) is 15.7 Å². The summed E-state index contributed by atoms with van der Waals surface area (Å²) in [5.74, 6) is 0. The molecular formula is C19H22N4O3S2. The Hall–Kier alpha value is -2.07. The molecule has 148 valence electrons. The van der Waals surface area contributed by atoms with E-state index in [2.05, 4.69) is 9.88 Å². The maximum Gasteiger partial charge on any atom is 0.258 e. The average Bonchev–Trinajstić information content (AvgIpc) is 3.11. The molecule has 0 spiro atoms. The predicted molar refractivity (Wildman–Crippen MR) is 109 cm³/mol. The number of aromatic nitrogens is 2. The number of fused-ring (bicyclic) bond motifs is 1. The fourth-order valence-electron chi connectivity index (χ4n) is 3.55. The van der Waals surface area contributed by atoms with Crippen molar-refractivity contribution in [2.24, 2.45) is 0 Å².